The molecule has 20 heavy (non-hydrogen) atoms. The Hall–Kier alpha value is -1.27. The van der Waals surface area contributed by atoms with Crippen LogP contribution in [0.15, 0.2) is 12.1 Å². The third-order valence-electron chi connectivity index (χ3n) is 3.34. The minimum atomic E-state index is -0.494. The number of nitrogens with zero attached hydrogens (tertiary/aromatic N) is 1. The number of nitrogens with one attached hydrogen (secondary N) is 1. The number of nitrogen functional groups attached to an aromatic ring is 1. The summed E-state index contributed by atoms with van der Waals surface area (Å²) in [5.41, 5.74) is 6.48. The zero-order chi connectivity index (χ0) is 14.5. The Morgan fingerprint density at radius 1 is 1.45 bits per heavy atom. The lowest BCUT2D eigenvalue weighted by Crippen LogP contribution is -2.39. The van der Waals surface area contributed by atoms with E-state index in [9.17, 15) is 9.18 Å². The zero-order valence-electron chi connectivity index (χ0n) is 11.6. The molecule has 0 aliphatic carbocycles. The SMILES string of the molecule is Cc1cc(N)cc(C(=O)NCCN2CCSCC2)c1F. The van der Waals surface area contributed by atoms with Gasteiger partial charge in [-0.2, -0.15) is 11.8 Å². The van der Waals surface area contributed by atoms with Crippen LogP contribution in [-0.2, 0) is 0 Å². The molecule has 4 nitrogen and oxygen atoms in total. The number of carbonyl (C=O) groups is 1. The van der Waals surface area contributed by atoms with Crippen molar-refractivity contribution in [3.63, 3.8) is 0 Å². The second-order valence-electron chi connectivity index (χ2n) is 4.91. The molecule has 0 spiro atoms. The monoisotopic (exact) mass is 297 g/mol. The first kappa shape index (κ1) is 15.1. The maximum absolute atomic E-state index is 13.9. The van der Waals surface area contributed by atoms with Gasteiger partial charge < -0.3 is 11.1 Å². The molecule has 0 bridgehead atoms. The lowest BCUT2D eigenvalue weighted by atomic mass is 10.1. The molecule has 110 valence electrons. The van der Waals surface area contributed by atoms with Gasteiger partial charge in [-0.3, -0.25) is 9.69 Å². The molecule has 0 unspecified atom stereocenters. The van der Waals surface area contributed by atoms with Crippen LogP contribution in [0.1, 0.15) is 15.9 Å². The average molecular weight is 297 g/mol. The number of nitrogens with two attached hydrogens (primary N) is 1. The normalized spacial score (nSPS) is 16.1. The van der Waals surface area contributed by atoms with Gasteiger partial charge in [0.1, 0.15) is 5.82 Å². The molecular formula is C14H20FN3OS. The van der Waals surface area contributed by atoms with E-state index in [0.29, 0.717) is 17.8 Å². The first-order chi connectivity index (χ1) is 9.58. The molecule has 1 aromatic rings. The highest BCUT2D eigenvalue weighted by Crippen LogP contribution is 2.17. The van der Waals surface area contributed by atoms with E-state index in [-0.39, 0.29) is 5.56 Å². The van der Waals surface area contributed by atoms with Crippen LogP contribution in [0.25, 0.3) is 0 Å². The fourth-order valence-corrected chi connectivity index (χ4v) is 3.19. The largest absolute Gasteiger partial charge is 0.399 e. The summed E-state index contributed by atoms with van der Waals surface area (Å²) in [6.07, 6.45) is 0. The van der Waals surface area contributed by atoms with E-state index in [1.807, 2.05) is 11.8 Å². The number of halogens is 1. The highest BCUT2D eigenvalue weighted by molar-refractivity contribution is 7.99. The minimum absolute atomic E-state index is 0.0247. The van der Waals surface area contributed by atoms with Crippen molar-refractivity contribution < 1.29 is 9.18 Å². The summed E-state index contributed by atoms with van der Waals surface area (Å²) in [5, 5.41) is 2.76. The molecule has 1 aliphatic heterocycles. The van der Waals surface area contributed by atoms with Crippen LogP contribution in [-0.4, -0.2) is 48.5 Å². The Kier molecular flexibility index (Phi) is 5.25. The van der Waals surface area contributed by atoms with Crippen molar-refractivity contribution in [1.29, 1.82) is 0 Å². The molecule has 0 atom stereocenters. The molecule has 0 aromatic heterocycles. The van der Waals surface area contributed by atoms with Gasteiger partial charge in [0, 0.05) is 43.4 Å². The van der Waals surface area contributed by atoms with Gasteiger partial charge in [0.2, 0.25) is 0 Å². The summed E-state index contributed by atoms with van der Waals surface area (Å²) in [6.45, 7) is 5.03. The van der Waals surface area contributed by atoms with Gasteiger partial charge >= 0.3 is 0 Å². The van der Waals surface area contributed by atoms with Crippen LogP contribution in [0.5, 0.6) is 0 Å². The van der Waals surface area contributed by atoms with E-state index in [0.717, 1.165) is 31.1 Å². The average Bonchev–Trinajstić information content (AvgIpc) is 2.44. The molecule has 1 aliphatic rings. The first-order valence-electron chi connectivity index (χ1n) is 6.72. The maximum atomic E-state index is 13.9. The van der Waals surface area contributed by atoms with Crippen LogP contribution in [0.4, 0.5) is 10.1 Å². The smallest absolute Gasteiger partial charge is 0.254 e. The third kappa shape index (κ3) is 3.86. The van der Waals surface area contributed by atoms with Gasteiger partial charge in [0.25, 0.3) is 5.91 Å². The standard InChI is InChI=1S/C14H20FN3OS/c1-10-8-11(16)9-12(13(10)15)14(19)17-2-3-18-4-6-20-7-5-18/h8-9H,2-7,16H2,1H3,(H,17,19). The molecule has 6 heteroatoms. The Balaban J connectivity index is 1.88. The molecule has 3 N–H and O–H groups in total. The molecular weight excluding hydrogens is 277 g/mol. The fraction of sp³-hybridized carbons (Fsp3) is 0.500. The zero-order valence-corrected chi connectivity index (χ0v) is 12.4. The van der Waals surface area contributed by atoms with E-state index < -0.39 is 11.7 Å². The number of carbonyl (C=O) groups excluding carboxylic acids is 1. The van der Waals surface area contributed by atoms with Gasteiger partial charge in [0.15, 0.2) is 0 Å². The van der Waals surface area contributed by atoms with Gasteiger partial charge in [-0.25, -0.2) is 4.39 Å². The Bertz CT molecular complexity index is 490. The summed E-state index contributed by atoms with van der Waals surface area (Å²) in [7, 11) is 0. The Morgan fingerprint density at radius 2 is 2.15 bits per heavy atom. The number of thioether (sulfide) groups is 1. The number of amides is 1. The first-order valence-corrected chi connectivity index (χ1v) is 7.87. The topological polar surface area (TPSA) is 58.4 Å². The van der Waals surface area contributed by atoms with Crippen LogP contribution >= 0.6 is 11.8 Å². The molecule has 1 fully saturated rings. The van der Waals surface area contributed by atoms with Crippen LogP contribution in [0.2, 0.25) is 0 Å². The summed E-state index contributed by atoms with van der Waals surface area (Å²) < 4.78 is 13.9. The number of benzene rings is 1. The van der Waals surface area contributed by atoms with Gasteiger partial charge in [0.05, 0.1) is 5.56 Å². The van der Waals surface area contributed by atoms with Crippen molar-refractivity contribution in [2.45, 2.75) is 6.92 Å². The predicted molar refractivity (Wildman–Crippen MR) is 81.6 cm³/mol. The van der Waals surface area contributed by atoms with Crippen molar-refractivity contribution in [3.05, 3.63) is 29.1 Å². The molecule has 1 aromatic carbocycles. The number of anilines is 1. The minimum Gasteiger partial charge on any atom is -0.399 e. The number of aryl methyl sites for hydroxylation is 1. The van der Waals surface area contributed by atoms with Crippen molar-refractivity contribution in [2.24, 2.45) is 0 Å². The summed E-state index contributed by atoms with van der Waals surface area (Å²) in [6, 6.07) is 2.91. The van der Waals surface area contributed by atoms with Crippen LogP contribution in [0.3, 0.4) is 0 Å². The molecule has 0 radical (unpaired) electrons. The van der Waals surface area contributed by atoms with Crippen LogP contribution in [0, 0.1) is 12.7 Å². The maximum Gasteiger partial charge on any atom is 0.254 e. The highest BCUT2D eigenvalue weighted by atomic mass is 32.2. The van der Waals surface area contributed by atoms with E-state index >= 15 is 0 Å². The summed E-state index contributed by atoms with van der Waals surface area (Å²) in [4.78, 5) is 14.3. The lowest BCUT2D eigenvalue weighted by molar-refractivity contribution is 0.0944. The number of hydrogen-bond donors (Lipinski definition) is 2. The van der Waals surface area contributed by atoms with Gasteiger partial charge in [-0.05, 0) is 24.6 Å². The van der Waals surface area contributed by atoms with Gasteiger partial charge in [-0.15, -0.1) is 0 Å². The number of hydrogen-bond acceptors (Lipinski definition) is 4. The highest BCUT2D eigenvalue weighted by Gasteiger charge is 2.15. The van der Waals surface area contributed by atoms with Crippen molar-refractivity contribution in [1.82, 2.24) is 10.2 Å². The van der Waals surface area contributed by atoms with Crippen molar-refractivity contribution >= 4 is 23.4 Å². The second-order valence-corrected chi connectivity index (χ2v) is 6.13. The molecule has 1 saturated heterocycles. The lowest BCUT2D eigenvalue weighted by Gasteiger charge is -2.26. The molecule has 1 amide bonds. The quantitative estimate of drug-likeness (QED) is 0.827. The Morgan fingerprint density at radius 3 is 2.85 bits per heavy atom. The fourth-order valence-electron chi connectivity index (χ4n) is 2.21. The van der Waals surface area contributed by atoms with Crippen molar-refractivity contribution in [3.8, 4) is 0 Å². The van der Waals surface area contributed by atoms with Crippen LogP contribution < -0.4 is 11.1 Å². The second kappa shape index (κ2) is 6.95. The summed E-state index contributed by atoms with van der Waals surface area (Å²) >= 11 is 1.95. The molecule has 2 rings (SSSR count). The van der Waals surface area contributed by atoms with E-state index in [2.05, 4.69) is 10.2 Å². The third-order valence-corrected chi connectivity index (χ3v) is 4.28. The van der Waals surface area contributed by atoms with E-state index in [4.69, 9.17) is 5.73 Å². The van der Waals surface area contributed by atoms with E-state index in [1.165, 1.54) is 12.1 Å². The number of rotatable bonds is 4. The predicted octanol–water partition coefficient (Wildman–Crippen LogP) is 1.49. The molecule has 0 saturated carbocycles. The van der Waals surface area contributed by atoms with E-state index in [1.54, 1.807) is 6.92 Å². The van der Waals surface area contributed by atoms with Gasteiger partial charge in [-0.1, -0.05) is 0 Å². The molecule has 1 heterocycles. The Labute approximate surface area is 122 Å². The summed E-state index contributed by atoms with van der Waals surface area (Å²) in [5.74, 6) is 1.38. The van der Waals surface area contributed by atoms with Crippen molar-refractivity contribution in [2.75, 3.05) is 43.4 Å².